The molecule has 4 nitrogen and oxygen atoms in total. The summed E-state index contributed by atoms with van der Waals surface area (Å²) in [6.45, 7) is 7.10. The van der Waals surface area contributed by atoms with Crippen LogP contribution in [-0.4, -0.2) is 27.9 Å². The van der Waals surface area contributed by atoms with Crippen molar-refractivity contribution in [1.29, 1.82) is 0 Å². The molecular weight excluding hydrogens is 328 g/mol. The van der Waals surface area contributed by atoms with Crippen molar-refractivity contribution < 1.29 is 20.1 Å². The van der Waals surface area contributed by atoms with Crippen molar-refractivity contribution in [3.8, 4) is 0 Å². The van der Waals surface area contributed by atoms with E-state index in [0.29, 0.717) is 42.4 Å². The molecule has 0 aliphatic heterocycles. The normalized spacial score (nSPS) is 53.7. The molecule has 0 aromatic heterocycles. The zero-order chi connectivity index (χ0) is 18.9. The van der Waals surface area contributed by atoms with Crippen molar-refractivity contribution in [3.05, 3.63) is 0 Å². The maximum Gasteiger partial charge on any atom is 0.0783 e. The molecule has 0 aromatic rings. The largest absolute Gasteiger partial charge is 0.549 e. The fourth-order valence-corrected chi connectivity index (χ4v) is 8.44. The van der Waals surface area contributed by atoms with Crippen molar-refractivity contribution >= 4 is 5.97 Å². The Bertz CT molecular complexity index is 589. The molecule has 4 saturated carbocycles. The van der Waals surface area contributed by atoms with E-state index in [-0.39, 0.29) is 12.3 Å². The Balaban J connectivity index is 1.71. The van der Waals surface area contributed by atoms with E-state index < -0.39 is 23.1 Å². The molecule has 4 fully saturated rings. The summed E-state index contributed by atoms with van der Waals surface area (Å²) in [5.74, 6) is 1.28. The molecule has 4 rings (SSSR count). The lowest BCUT2D eigenvalue weighted by atomic mass is 9.42. The van der Waals surface area contributed by atoms with Crippen LogP contribution in [0, 0.1) is 40.4 Å². The molecule has 4 heteroatoms. The molecular formula is C22H35O4-. The van der Waals surface area contributed by atoms with Crippen LogP contribution in [0.2, 0.25) is 0 Å². The number of fused-ring (bicyclic) bond motifs is 5. The number of aliphatic hydroxyl groups is 2. The zero-order valence-corrected chi connectivity index (χ0v) is 16.5. The Kier molecular flexibility index (Phi) is 4.28. The second kappa shape index (κ2) is 5.94. The number of carboxylic acid groups (broad SMARTS) is 1. The number of aliphatic hydroxyl groups excluding tert-OH is 1. The minimum Gasteiger partial charge on any atom is -0.549 e. The van der Waals surface area contributed by atoms with Crippen LogP contribution in [0.4, 0.5) is 0 Å². The first-order valence-corrected chi connectivity index (χ1v) is 10.8. The Morgan fingerprint density at radius 3 is 2.42 bits per heavy atom. The van der Waals surface area contributed by atoms with Crippen LogP contribution in [-0.2, 0) is 4.79 Å². The first-order chi connectivity index (χ1) is 12.2. The van der Waals surface area contributed by atoms with Gasteiger partial charge in [0.1, 0.15) is 0 Å². The summed E-state index contributed by atoms with van der Waals surface area (Å²) in [4.78, 5) is 12.5. The smallest absolute Gasteiger partial charge is 0.0783 e. The van der Waals surface area contributed by atoms with E-state index in [1.807, 2.05) is 0 Å². The van der Waals surface area contributed by atoms with Gasteiger partial charge in [-0.2, -0.15) is 0 Å². The van der Waals surface area contributed by atoms with Gasteiger partial charge in [-0.05, 0) is 86.4 Å². The van der Waals surface area contributed by atoms with Crippen molar-refractivity contribution in [3.63, 3.8) is 0 Å². The van der Waals surface area contributed by atoms with Gasteiger partial charge < -0.3 is 20.1 Å². The third kappa shape index (κ3) is 2.24. The summed E-state index contributed by atoms with van der Waals surface area (Å²) in [6, 6.07) is 0. The fraction of sp³-hybridized carbons (Fsp3) is 0.955. The molecule has 8 atom stereocenters. The van der Waals surface area contributed by atoms with Crippen LogP contribution in [0.15, 0.2) is 0 Å². The first kappa shape index (κ1) is 18.7. The standard InChI is InChI=1S/C22H36O4/c1-13(2)16-4-5-17-15-7-10-21(26)12-14(23)6-11-22(21,19(24)25)18(15)8-9-20(16,17)3/h13-18,23,26H,4-12H2,1-3H3,(H,24,25)/p-1/t14-,15+,16+,17+,18-,20+,21-,22+/m0/s1. The van der Waals surface area contributed by atoms with E-state index in [0.717, 1.165) is 25.2 Å². The van der Waals surface area contributed by atoms with E-state index in [2.05, 4.69) is 20.8 Å². The van der Waals surface area contributed by atoms with Gasteiger partial charge in [-0.15, -0.1) is 0 Å². The molecule has 0 radical (unpaired) electrons. The summed E-state index contributed by atoms with van der Waals surface area (Å²) in [7, 11) is 0. The second-order valence-corrected chi connectivity index (χ2v) is 10.6. The van der Waals surface area contributed by atoms with E-state index in [1.54, 1.807) is 0 Å². The molecule has 0 bridgehead atoms. The molecule has 0 spiro atoms. The number of hydrogen-bond donors (Lipinski definition) is 2. The van der Waals surface area contributed by atoms with Gasteiger partial charge in [-0.3, -0.25) is 0 Å². The highest BCUT2D eigenvalue weighted by Crippen LogP contribution is 2.69. The number of hydrogen-bond acceptors (Lipinski definition) is 4. The van der Waals surface area contributed by atoms with Crippen LogP contribution in [0.25, 0.3) is 0 Å². The molecule has 0 saturated heterocycles. The fourth-order valence-electron chi connectivity index (χ4n) is 8.44. The van der Waals surface area contributed by atoms with Gasteiger partial charge in [0.15, 0.2) is 0 Å². The Hall–Kier alpha value is -0.610. The van der Waals surface area contributed by atoms with Gasteiger partial charge in [-0.25, -0.2) is 0 Å². The summed E-state index contributed by atoms with van der Waals surface area (Å²) < 4.78 is 0. The van der Waals surface area contributed by atoms with Crippen LogP contribution in [0.5, 0.6) is 0 Å². The second-order valence-electron chi connectivity index (χ2n) is 10.6. The van der Waals surface area contributed by atoms with E-state index >= 15 is 0 Å². The van der Waals surface area contributed by atoms with Crippen LogP contribution >= 0.6 is 0 Å². The van der Waals surface area contributed by atoms with Crippen molar-refractivity contribution in [1.82, 2.24) is 0 Å². The first-order valence-electron chi connectivity index (χ1n) is 10.8. The lowest BCUT2D eigenvalue weighted by Crippen LogP contribution is -2.69. The van der Waals surface area contributed by atoms with E-state index in [9.17, 15) is 20.1 Å². The topological polar surface area (TPSA) is 80.6 Å². The quantitative estimate of drug-likeness (QED) is 0.790. The lowest BCUT2D eigenvalue weighted by Gasteiger charge is -2.65. The molecule has 2 N–H and O–H groups in total. The Labute approximate surface area is 157 Å². The average molecular weight is 364 g/mol. The number of aliphatic carboxylic acids is 1. The summed E-state index contributed by atoms with van der Waals surface area (Å²) >= 11 is 0. The minimum atomic E-state index is -1.30. The summed E-state index contributed by atoms with van der Waals surface area (Å²) in [5.41, 5.74) is -2.15. The summed E-state index contributed by atoms with van der Waals surface area (Å²) in [5, 5.41) is 34.0. The molecule has 0 amide bonds. The highest BCUT2D eigenvalue weighted by molar-refractivity contribution is 5.75. The molecule has 4 aliphatic rings. The third-order valence-corrected chi connectivity index (χ3v) is 9.48. The molecule has 0 heterocycles. The molecule has 0 aromatic carbocycles. The van der Waals surface area contributed by atoms with Crippen LogP contribution < -0.4 is 5.11 Å². The number of carboxylic acids is 1. The third-order valence-electron chi connectivity index (χ3n) is 9.48. The van der Waals surface area contributed by atoms with Gasteiger partial charge in [0.2, 0.25) is 0 Å². The molecule has 4 aliphatic carbocycles. The van der Waals surface area contributed by atoms with E-state index in [1.165, 1.54) is 12.8 Å². The maximum absolute atomic E-state index is 12.5. The average Bonchev–Trinajstić information content (AvgIpc) is 2.91. The predicted molar refractivity (Wildman–Crippen MR) is 96.9 cm³/mol. The maximum atomic E-state index is 12.5. The van der Waals surface area contributed by atoms with Gasteiger partial charge >= 0.3 is 0 Å². The van der Waals surface area contributed by atoms with Crippen LogP contribution in [0.1, 0.15) is 78.6 Å². The highest BCUT2D eigenvalue weighted by atomic mass is 16.4. The number of carbonyl (C=O) groups is 1. The Morgan fingerprint density at radius 1 is 1.04 bits per heavy atom. The SMILES string of the molecule is CC(C)[C@H]1CC[C@@H]2[C@H]3CC[C@]4(O)C[C@@H](O)CC[C@]4(C(=O)[O-])[C@H]3CC[C@]12C. The molecule has 26 heavy (non-hydrogen) atoms. The number of carbonyl (C=O) groups excluding carboxylic acids is 1. The highest BCUT2D eigenvalue weighted by Gasteiger charge is 2.66. The van der Waals surface area contributed by atoms with Crippen LogP contribution in [0.3, 0.4) is 0 Å². The molecule has 148 valence electrons. The lowest BCUT2D eigenvalue weighted by molar-refractivity contribution is -0.347. The van der Waals surface area contributed by atoms with Gasteiger partial charge in [0.25, 0.3) is 0 Å². The Morgan fingerprint density at radius 2 is 1.77 bits per heavy atom. The van der Waals surface area contributed by atoms with Crippen molar-refractivity contribution in [2.24, 2.45) is 40.4 Å². The van der Waals surface area contributed by atoms with Gasteiger partial charge in [0.05, 0.1) is 17.7 Å². The predicted octanol–water partition coefficient (Wildman–Crippen LogP) is 2.51. The molecule has 0 unspecified atom stereocenters. The van der Waals surface area contributed by atoms with Gasteiger partial charge in [0, 0.05) is 11.8 Å². The van der Waals surface area contributed by atoms with Crippen molar-refractivity contribution in [2.45, 2.75) is 90.3 Å². The van der Waals surface area contributed by atoms with E-state index in [4.69, 9.17) is 0 Å². The zero-order valence-electron chi connectivity index (χ0n) is 16.5. The number of rotatable bonds is 2. The monoisotopic (exact) mass is 363 g/mol. The van der Waals surface area contributed by atoms with Crippen molar-refractivity contribution in [2.75, 3.05) is 0 Å². The summed E-state index contributed by atoms with van der Waals surface area (Å²) in [6.07, 6.45) is 6.24. The van der Waals surface area contributed by atoms with Gasteiger partial charge in [-0.1, -0.05) is 20.8 Å². The minimum absolute atomic E-state index is 0.00253.